The van der Waals surface area contributed by atoms with Gasteiger partial charge < -0.3 is 0 Å². The number of halogens is 5. The number of carbonyl (C=O) groups excluding carboxylic acids is 2. The summed E-state index contributed by atoms with van der Waals surface area (Å²) in [5.41, 5.74) is 2.73. The van der Waals surface area contributed by atoms with Crippen LogP contribution >= 0.6 is 35.6 Å². The Morgan fingerprint density at radius 2 is 1.43 bits per heavy atom. The lowest BCUT2D eigenvalue weighted by atomic mass is 10.1. The van der Waals surface area contributed by atoms with Gasteiger partial charge in [-0.05, 0) is 63.0 Å². The molecule has 0 aliphatic rings. The fraction of sp³-hybridized carbons (Fsp3) is 0.263. The van der Waals surface area contributed by atoms with Gasteiger partial charge in [-0.25, -0.2) is 8.78 Å². The van der Waals surface area contributed by atoms with Crippen LogP contribution in [0.25, 0.3) is 0 Å². The zero-order valence-electron chi connectivity index (χ0n) is 15.9. The lowest BCUT2D eigenvalue weighted by Gasteiger charge is -2.14. The van der Waals surface area contributed by atoms with Crippen molar-refractivity contribution in [3.05, 3.63) is 70.8 Å². The smallest absolute Gasteiger partial charge is 0.255 e. The Kier molecular flexibility index (Phi) is 13.9. The van der Waals surface area contributed by atoms with Crippen LogP contribution in [-0.2, 0) is 0 Å². The highest BCUT2D eigenvalue weighted by atomic mass is 35.5. The van der Waals surface area contributed by atoms with Crippen molar-refractivity contribution in [2.75, 3.05) is 0 Å². The van der Waals surface area contributed by atoms with Gasteiger partial charge in [0.1, 0.15) is 11.6 Å². The van der Waals surface area contributed by atoms with Crippen LogP contribution in [0.15, 0.2) is 42.5 Å². The van der Waals surface area contributed by atoms with Crippen LogP contribution in [0, 0.1) is 18.6 Å². The number of hydrogen-bond acceptors (Lipinski definition) is 4. The number of hydrogen-bond donors (Lipinski definition) is 2. The first kappa shape index (κ1) is 28.6. The third kappa shape index (κ3) is 11.3. The largest absolute Gasteiger partial charge is 0.276 e. The molecule has 28 heavy (non-hydrogen) atoms. The van der Waals surface area contributed by atoms with E-state index in [4.69, 9.17) is 29.0 Å². The van der Waals surface area contributed by atoms with E-state index in [0.29, 0.717) is 5.56 Å². The van der Waals surface area contributed by atoms with Crippen molar-refractivity contribution in [1.82, 2.24) is 5.43 Å². The van der Waals surface area contributed by atoms with Crippen LogP contribution in [0.3, 0.4) is 0 Å². The first-order valence-corrected chi connectivity index (χ1v) is 8.53. The molecule has 0 saturated carbocycles. The molecular formula is C19H23Cl3F2N2O2. The van der Waals surface area contributed by atoms with Crippen molar-refractivity contribution in [3.63, 3.8) is 0 Å². The molecule has 0 aliphatic heterocycles. The van der Waals surface area contributed by atoms with Gasteiger partial charge in [-0.15, -0.1) is 12.4 Å². The Morgan fingerprint density at radius 1 is 0.964 bits per heavy atom. The molecule has 0 unspecified atom stereocenters. The minimum atomic E-state index is -0.921. The van der Waals surface area contributed by atoms with Crippen LogP contribution in [0.5, 0.6) is 0 Å². The topological polar surface area (TPSA) is 72.2 Å². The van der Waals surface area contributed by atoms with Gasteiger partial charge in [0, 0.05) is 16.7 Å². The predicted molar refractivity (Wildman–Crippen MR) is 112 cm³/mol. The van der Waals surface area contributed by atoms with E-state index < -0.39 is 22.1 Å². The fourth-order valence-electron chi connectivity index (χ4n) is 1.38. The Morgan fingerprint density at radius 3 is 1.75 bits per heavy atom. The zero-order chi connectivity index (χ0) is 21.2. The molecule has 2 rings (SSSR count). The lowest BCUT2D eigenvalue weighted by Crippen LogP contribution is -2.41. The molecule has 2 aromatic rings. The van der Waals surface area contributed by atoms with Crippen LogP contribution in [0.4, 0.5) is 8.78 Å². The van der Waals surface area contributed by atoms with Crippen molar-refractivity contribution in [2.45, 2.75) is 33.2 Å². The van der Waals surface area contributed by atoms with Crippen LogP contribution in [0.1, 0.15) is 47.1 Å². The van der Waals surface area contributed by atoms with Crippen molar-refractivity contribution in [2.24, 2.45) is 5.84 Å². The molecule has 0 saturated heterocycles. The minimum absolute atomic E-state index is 0. The molecule has 0 spiro atoms. The van der Waals surface area contributed by atoms with Crippen molar-refractivity contribution in [1.29, 1.82) is 0 Å². The number of benzene rings is 2. The number of nitrogens with two attached hydrogens (primary N) is 1. The summed E-state index contributed by atoms with van der Waals surface area (Å²) < 4.78 is 25.6. The number of carbonyl (C=O) groups is 2. The van der Waals surface area contributed by atoms with Gasteiger partial charge in [-0.2, -0.15) is 0 Å². The molecule has 0 aliphatic carbocycles. The minimum Gasteiger partial charge on any atom is -0.276 e. The Hall–Kier alpha value is -1.57. The lowest BCUT2D eigenvalue weighted by molar-refractivity contribution is 0.107. The molecule has 0 fully saturated rings. The number of nitrogens with one attached hydrogen (secondary N) is 1. The third-order valence-electron chi connectivity index (χ3n) is 2.97. The Labute approximate surface area is 179 Å². The standard InChI is InChI=1S/C8H5ClF2O.C7H5ClO.C4H12N2.ClH/c1-4-6(10)3-2-5(7(4)11)8(9)12;8-7(9)6-4-2-1-3-5-6;1-4(2,3)6-5;/h2-3H,1H3;1-5H;6H,5H2,1-3H3;1H. The first-order chi connectivity index (χ1) is 12.4. The summed E-state index contributed by atoms with van der Waals surface area (Å²) >= 11 is 10.2. The monoisotopic (exact) mass is 454 g/mol. The van der Waals surface area contributed by atoms with E-state index in [9.17, 15) is 18.4 Å². The maximum absolute atomic E-state index is 13.0. The summed E-state index contributed by atoms with van der Waals surface area (Å²) in [5, 5.41) is -1.33. The maximum atomic E-state index is 13.0. The quantitative estimate of drug-likeness (QED) is 0.362. The highest BCUT2D eigenvalue weighted by Gasteiger charge is 2.13. The Balaban J connectivity index is 0. The van der Waals surface area contributed by atoms with Crippen LogP contribution in [0.2, 0.25) is 0 Å². The highest BCUT2D eigenvalue weighted by molar-refractivity contribution is 6.68. The van der Waals surface area contributed by atoms with Gasteiger partial charge in [-0.3, -0.25) is 20.9 Å². The molecule has 0 amide bonds. The van der Waals surface area contributed by atoms with Crippen molar-refractivity contribution in [3.8, 4) is 0 Å². The van der Waals surface area contributed by atoms with Gasteiger partial charge in [0.2, 0.25) is 0 Å². The second kappa shape index (κ2) is 13.6. The van der Waals surface area contributed by atoms with Gasteiger partial charge >= 0.3 is 0 Å². The van der Waals surface area contributed by atoms with E-state index in [0.717, 1.165) is 12.1 Å². The summed E-state index contributed by atoms with van der Waals surface area (Å²) in [4.78, 5) is 20.9. The van der Waals surface area contributed by atoms with E-state index >= 15 is 0 Å². The molecule has 2 aromatic carbocycles. The zero-order valence-corrected chi connectivity index (χ0v) is 18.2. The number of rotatable bonds is 2. The van der Waals surface area contributed by atoms with E-state index in [1.165, 1.54) is 6.92 Å². The predicted octanol–water partition coefficient (Wildman–Crippen LogP) is 5.39. The summed E-state index contributed by atoms with van der Waals surface area (Å²) in [6, 6.07) is 10.8. The van der Waals surface area contributed by atoms with E-state index in [1.54, 1.807) is 24.3 Å². The average molecular weight is 456 g/mol. The van der Waals surface area contributed by atoms with E-state index in [1.807, 2.05) is 26.8 Å². The third-order valence-corrected chi connectivity index (χ3v) is 3.39. The number of hydrazine groups is 1. The fourth-order valence-corrected chi connectivity index (χ4v) is 1.65. The molecule has 4 nitrogen and oxygen atoms in total. The van der Waals surface area contributed by atoms with E-state index in [-0.39, 0.29) is 29.1 Å². The molecule has 0 aromatic heterocycles. The second-order valence-electron chi connectivity index (χ2n) is 6.34. The SMILES string of the molecule is CC(C)(C)NN.Cc1c(F)ccc(C(=O)Cl)c1F.Cl.O=C(Cl)c1ccccc1. The maximum Gasteiger partial charge on any atom is 0.255 e. The molecule has 0 bridgehead atoms. The Bertz CT molecular complexity index is 768. The first-order valence-electron chi connectivity index (χ1n) is 7.77. The summed E-state index contributed by atoms with van der Waals surface area (Å²) in [6.07, 6.45) is 0. The van der Waals surface area contributed by atoms with Gasteiger partial charge in [0.15, 0.2) is 0 Å². The summed E-state index contributed by atoms with van der Waals surface area (Å²) in [5.74, 6) is 3.48. The van der Waals surface area contributed by atoms with Crippen LogP contribution < -0.4 is 11.3 Å². The molecule has 0 atom stereocenters. The van der Waals surface area contributed by atoms with Crippen LogP contribution in [-0.4, -0.2) is 16.0 Å². The molecular weight excluding hydrogens is 433 g/mol. The molecule has 0 heterocycles. The normalized spacial score (nSPS) is 9.75. The average Bonchev–Trinajstić information content (AvgIpc) is 2.60. The van der Waals surface area contributed by atoms with Crippen molar-refractivity contribution >= 4 is 46.1 Å². The molecule has 0 radical (unpaired) electrons. The van der Waals surface area contributed by atoms with E-state index in [2.05, 4.69) is 5.43 Å². The molecule has 3 N–H and O–H groups in total. The summed E-state index contributed by atoms with van der Waals surface area (Å²) in [6.45, 7) is 7.26. The molecule has 9 heteroatoms. The summed E-state index contributed by atoms with van der Waals surface area (Å²) in [7, 11) is 0. The molecule has 156 valence electrons. The second-order valence-corrected chi connectivity index (χ2v) is 7.03. The van der Waals surface area contributed by atoms with Gasteiger partial charge in [-0.1, -0.05) is 30.3 Å². The van der Waals surface area contributed by atoms with Crippen molar-refractivity contribution < 1.29 is 18.4 Å². The van der Waals surface area contributed by atoms with Gasteiger partial charge in [0.05, 0.1) is 5.56 Å². The van der Waals surface area contributed by atoms with Gasteiger partial charge in [0.25, 0.3) is 10.5 Å². The highest BCUT2D eigenvalue weighted by Crippen LogP contribution is 2.17.